The van der Waals surface area contributed by atoms with Gasteiger partial charge in [0.15, 0.2) is 0 Å². The number of ether oxygens (including phenoxy) is 1. The van der Waals surface area contributed by atoms with Crippen molar-refractivity contribution in [1.82, 2.24) is 0 Å². The lowest BCUT2D eigenvalue weighted by molar-refractivity contribution is -0.384. The number of nitro groups is 1. The highest BCUT2D eigenvalue weighted by Crippen LogP contribution is 2.17. The third-order valence-corrected chi connectivity index (χ3v) is 3.08. The summed E-state index contributed by atoms with van der Waals surface area (Å²) >= 11 is 0. The number of hydrogen-bond acceptors (Lipinski definition) is 4. The molecular weight excluding hydrogens is 282 g/mol. The molecule has 0 spiro atoms. The van der Waals surface area contributed by atoms with Crippen molar-refractivity contribution in [3.8, 4) is 0 Å². The van der Waals surface area contributed by atoms with Gasteiger partial charge in [0, 0.05) is 18.2 Å². The van der Waals surface area contributed by atoms with Crippen molar-refractivity contribution in [2.24, 2.45) is 0 Å². The number of carbonyl (C=O) groups excluding carboxylic acids is 1. The Balaban J connectivity index is 1.95. The molecule has 0 saturated carbocycles. The lowest BCUT2D eigenvalue weighted by Crippen LogP contribution is -2.05. The smallest absolute Gasteiger partial charge is 0.331 e. The van der Waals surface area contributed by atoms with Crippen molar-refractivity contribution in [2.45, 2.75) is 13.0 Å². The fraction of sp³-hybridized carbons (Fsp3) is 0.118. The van der Waals surface area contributed by atoms with E-state index in [1.54, 1.807) is 25.1 Å². The Morgan fingerprint density at radius 1 is 1.14 bits per heavy atom. The molecule has 0 aliphatic heterocycles. The Morgan fingerprint density at radius 3 is 2.36 bits per heavy atom. The van der Waals surface area contributed by atoms with Gasteiger partial charge in [0.1, 0.15) is 6.10 Å². The molecule has 0 heterocycles. The van der Waals surface area contributed by atoms with Crippen molar-refractivity contribution >= 4 is 17.7 Å². The topological polar surface area (TPSA) is 69.4 Å². The number of esters is 1. The Bertz CT molecular complexity index is 678. The van der Waals surface area contributed by atoms with E-state index >= 15 is 0 Å². The molecule has 0 N–H and O–H groups in total. The average Bonchev–Trinajstić information content (AvgIpc) is 2.54. The zero-order chi connectivity index (χ0) is 15.9. The minimum atomic E-state index is -0.469. The van der Waals surface area contributed by atoms with Crippen LogP contribution >= 0.6 is 0 Å². The first-order valence-corrected chi connectivity index (χ1v) is 6.74. The van der Waals surface area contributed by atoms with Crippen molar-refractivity contribution in [1.29, 1.82) is 0 Å². The molecule has 112 valence electrons. The summed E-state index contributed by atoms with van der Waals surface area (Å²) in [5, 5.41) is 10.5. The number of nitrogens with zero attached hydrogens (tertiary/aromatic N) is 1. The summed E-state index contributed by atoms with van der Waals surface area (Å²) in [5.74, 6) is -0.463. The third-order valence-electron chi connectivity index (χ3n) is 3.08. The molecule has 2 aromatic carbocycles. The number of nitro benzene ring substituents is 1. The van der Waals surface area contributed by atoms with Crippen LogP contribution in [0.4, 0.5) is 5.69 Å². The number of hydrogen-bond donors (Lipinski definition) is 0. The van der Waals surface area contributed by atoms with Gasteiger partial charge in [-0.05, 0) is 36.3 Å². The molecular formula is C17H15NO4. The zero-order valence-electron chi connectivity index (χ0n) is 12.0. The SMILES string of the molecule is C[C@H](OC(=O)/C=C/c1ccc([N+](=O)[O-])cc1)c1ccccc1. The molecule has 5 heteroatoms. The van der Waals surface area contributed by atoms with Crippen molar-refractivity contribution in [2.75, 3.05) is 0 Å². The first-order chi connectivity index (χ1) is 10.6. The first-order valence-electron chi connectivity index (χ1n) is 6.74. The molecule has 0 saturated heterocycles. The highest BCUT2D eigenvalue weighted by Gasteiger charge is 2.09. The van der Waals surface area contributed by atoms with Gasteiger partial charge < -0.3 is 4.74 Å². The summed E-state index contributed by atoms with van der Waals surface area (Å²) in [6.45, 7) is 1.80. The second-order valence-corrected chi connectivity index (χ2v) is 4.67. The van der Waals surface area contributed by atoms with Gasteiger partial charge in [0.2, 0.25) is 0 Å². The standard InChI is InChI=1S/C17H15NO4/c1-13(15-5-3-2-4-6-15)22-17(19)12-9-14-7-10-16(11-8-14)18(20)21/h2-13H,1H3/b12-9+/t13-/m0/s1. The summed E-state index contributed by atoms with van der Waals surface area (Å²) < 4.78 is 5.29. The highest BCUT2D eigenvalue weighted by atomic mass is 16.6. The molecule has 0 radical (unpaired) electrons. The van der Waals surface area contributed by atoms with Crippen LogP contribution in [-0.4, -0.2) is 10.9 Å². The van der Waals surface area contributed by atoms with Crippen LogP contribution in [0, 0.1) is 10.1 Å². The Morgan fingerprint density at radius 2 is 1.77 bits per heavy atom. The fourth-order valence-corrected chi connectivity index (χ4v) is 1.88. The molecule has 5 nitrogen and oxygen atoms in total. The lowest BCUT2D eigenvalue weighted by atomic mass is 10.1. The summed E-state index contributed by atoms with van der Waals surface area (Å²) in [6, 6.07) is 15.3. The molecule has 0 aromatic heterocycles. The van der Waals surface area contributed by atoms with E-state index in [4.69, 9.17) is 4.74 Å². The van der Waals surface area contributed by atoms with E-state index < -0.39 is 10.9 Å². The van der Waals surface area contributed by atoms with Crippen LogP contribution in [0.5, 0.6) is 0 Å². The highest BCUT2D eigenvalue weighted by molar-refractivity contribution is 5.87. The van der Waals surface area contributed by atoms with Gasteiger partial charge >= 0.3 is 5.97 Å². The summed E-state index contributed by atoms with van der Waals surface area (Å²) in [6.07, 6.45) is 2.53. The number of carbonyl (C=O) groups is 1. The quantitative estimate of drug-likeness (QED) is 0.363. The number of rotatable bonds is 5. The normalized spacial score (nSPS) is 12.0. The van der Waals surface area contributed by atoms with Crippen LogP contribution in [0.25, 0.3) is 6.08 Å². The van der Waals surface area contributed by atoms with E-state index in [9.17, 15) is 14.9 Å². The minimum Gasteiger partial charge on any atom is -0.455 e. The maximum atomic E-state index is 11.8. The summed E-state index contributed by atoms with van der Waals surface area (Å²) in [5.41, 5.74) is 1.62. The molecule has 1 atom stereocenters. The van der Waals surface area contributed by atoms with Gasteiger partial charge in [0.05, 0.1) is 4.92 Å². The molecule has 22 heavy (non-hydrogen) atoms. The van der Waals surface area contributed by atoms with Crippen molar-refractivity contribution in [3.63, 3.8) is 0 Å². The van der Waals surface area contributed by atoms with Crippen LogP contribution in [-0.2, 0) is 9.53 Å². The largest absolute Gasteiger partial charge is 0.455 e. The molecule has 2 rings (SSSR count). The predicted octanol–water partition coefficient (Wildman–Crippen LogP) is 3.91. The van der Waals surface area contributed by atoms with E-state index in [-0.39, 0.29) is 11.8 Å². The number of benzene rings is 2. The monoisotopic (exact) mass is 297 g/mol. The predicted molar refractivity (Wildman–Crippen MR) is 83.1 cm³/mol. The van der Waals surface area contributed by atoms with E-state index in [0.29, 0.717) is 5.56 Å². The Hall–Kier alpha value is -2.95. The van der Waals surface area contributed by atoms with Gasteiger partial charge in [0.25, 0.3) is 5.69 Å². The number of non-ortho nitro benzene ring substituents is 1. The van der Waals surface area contributed by atoms with Crippen LogP contribution < -0.4 is 0 Å². The van der Waals surface area contributed by atoms with Gasteiger partial charge in [-0.15, -0.1) is 0 Å². The van der Waals surface area contributed by atoms with Crippen LogP contribution in [0.3, 0.4) is 0 Å². The van der Waals surface area contributed by atoms with E-state index in [2.05, 4.69) is 0 Å². The van der Waals surface area contributed by atoms with E-state index in [0.717, 1.165) is 5.56 Å². The maximum absolute atomic E-state index is 11.8. The average molecular weight is 297 g/mol. The summed E-state index contributed by atoms with van der Waals surface area (Å²) in [7, 11) is 0. The molecule has 0 bridgehead atoms. The molecule has 0 unspecified atom stereocenters. The molecule has 2 aromatic rings. The minimum absolute atomic E-state index is 0.0115. The van der Waals surface area contributed by atoms with Gasteiger partial charge in [-0.1, -0.05) is 30.3 Å². The molecule has 0 amide bonds. The van der Waals surface area contributed by atoms with Gasteiger partial charge in [-0.2, -0.15) is 0 Å². The van der Waals surface area contributed by atoms with Crippen molar-refractivity contribution in [3.05, 3.63) is 81.9 Å². The maximum Gasteiger partial charge on any atom is 0.331 e. The molecule has 0 fully saturated rings. The van der Waals surface area contributed by atoms with Crippen LogP contribution in [0.1, 0.15) is 24.2 Å². The van der Waals surface area contributed by atoms with Crippen LogP contribution in [0.2, 0.25) is 0 Å². The first kappa shape index (κ1) is 15.4. The zero-order valence-corrected chi connectivity index (χ0v) is 12.0. The lowest BCUT2D eigenvalue weighted by Gasteiger charge is -2.11. The molecule has 0 aliphatic rings. The molecule has 0 aliphatic carbocycles. The van der Waals surface area contributed by atoms with E-state index in [1.807, 2.05) is 30.3 Å². The Labute approximate surface area is 128 Å². The second kappa shape index (κ2) is 7.17. The van der Waals surface area contributed by atoms with E-state index in [1.165, 1.54) is 18.2 Å². The fourth-order valence-electron chi connectivity index (χ4n) is 1.88. The second-order valence-electron chi connectivity index (χ2n) is 4.67. The summed E-state index contributed by atoms with van der Waals surface area (Å²) in [4.78, 5) is 21.8. The van der Waals surface area contributed by atoms with Gasteiger partial charge in [-0.3, -0.25) is 10.1 Å². The third kappa shape index (κ3) is 4.28. The van der Waals surface area contributed by atoms with Crippen molar-refractivity contribution < 1.29 is 14.5 Å². The Kier molecular flexibility index (Phi) is 5.03. The van der Waals surface area contributed by atoms with Gasteiger partial charge in [-0.25, -0.2) is 4.79 Å². The van der Waals surface area contributed by atoms with Crippen LogP contribution in [0.15, 0.2) is 60.7 Å².